The van der Waals surface area contributed by atoms with Crippen molar-refractivity contribution in [2.45, 2.75) is 0 Å². The van der Waals surface area contributed by atoms with Gasteiger partial charge < -0.3 is 9.30 Å². The van der Waals surface area contributed by atoms with E-state index < -0.39 is 0 Å². The van der Waals surface area contributed by atoms with Crippen LogP contribution < -0.4 is 4.90 Å². The van der Waals surface area contributed by atoms with Crippen molar-refractivity contribution >= 4 is 55.0 Å². The maximum Gasteiger partial charge on any atom is 0.0620 e. The second-order valence-corrected chi connectivity index (χ2v) is 19.6. The predicted molar refractivity (Wildman–Crippen MR) is 323 cm³/mol. The number of aromatic nitrogens is 1. The van der Waals surface area contributed by atoms with E-state index in [1.165, 1.54) is 116 Å². The maximum absolute atomic E-state index is 2.40. The molecule has 76 heavy (non-hydrogen) atoms. The van der Waals surface area contributed by atoms with Gasteiger partial charge in [-0.2, -0.15) is 0 Å². The zero-order valence-electron chi connectivity index (χ0n) is 41.8. The third-order valence-corrected chi connectivity index (χ3v) is 15.2. The molecule has 0 saturated heterocycles. The highest BCUT2D eigenvalue weighted by Crippen LogP contribution is 2.45. The van der Waals surface area contributed by atoms with Crippen LogP contribution in [0.25, 0.3) is 116 Å². The Balaban J connectivity index is 0.758. The van der Waals surface area contributed by atoms with Crippen molar-refractivity contribution in [1.82, 2.24) is 4.40 Å². The predicted octanol–water partition coefficient (Wildman–Crippen LogP) is 20.5. The molecule has 2 aromatic heterocycles. The number of anilines is 3. The topological polar surface area (TPSA) is 7.65 Å². The van der Waals surface area contributed by atoms with E-state index in [4.69, 9.17) is 0 Å². The molecule has 14 rings (SSSR count). The minimum Gasteiger partial charge on any atom is -0.315 e. The van der Waals surface area contributed by atoms with Gasteiger partial charge in [0.25, 0.3) is 0 Å². The molecule has 2 nitrogen and oxygen atoms in total. The summed E-state index contributed by atoms with van der Waals surface area (Å²) in [5.74, 6) is 0. The molecule has 356 valence electrons. The summed E-state index contributed by atoms with van der Waals surface area (Å²) in [4.78, 5) is 2.35. The van der Waals surface area contributed by atoms with Gasteiger partial charge in [-0.25, -0.2) is 0 Å². The van der Waals surface area contributed by atoms with E-state index in [2.05, 4.69) is 313 Å². The van der Waals surface area contributed by atoms with Crippen LogP contribution in [-0.2, 0) is 0 Å². The maximum atomic E-state index is 2.40. The highest BCUT2D eigenvalue weighted by atomic mass is 15.1. The zero-order valence-corrected chi connectivity index (χ0v) is 41.8. The summed E-state index contributed by atoms with van der Waals surface area (Å²) in [6, 6.07) is 108. The molecule has 0 aliphatic rings. The molecule has 14 aromatic rings. The minimum atomic E-state index is 1.09. The van der Waals surface area contributed by atoms with Gasteiger partial charge in [0.05, 0.1) is 11.0 Å². The lowest BCUT2D eigenvalue weighted by Crippen LogP contribution is -2.09. The van der Waals surface area contributed by atoms with Crippen LogP contribution in [0, 0.1) is 0 Å². The Morgan fingerprint density at radius 2 is 0.592 bits per heavy atom. The van der Waals surface area contributed by atoms with Crippen molar-refractivity contribution in [3.05, 3.63) is 303 Å². The molecular formula is C74H50N2. The number of benzene rings is 12. The number of hydrogen-bond donors (Lipinski definition) is 0. The summed E-state index contributed by atoms with van der Waals surface area (Å²) in [5, 5.41) is 6.36. The van der Waals surface area contributed by atoms with Crippen LogP contribution in [0.2, 0.25) is 0 Å². The van der Waals surface area contributed by atoms with Crippen molar-refractivity contribution in [1.29, 1.82) is 0 Å². The van der Waals surface area contributed by atoms with Gasteiger partial charge in [0.1, 0.15) is 0 Å². The van der Waals surface area contributed by atoms with Crippen LogP contribution in [0.15, 0.2) is 303 Å². The monoisotopic (exact) mass is 966 g/mol. The molecule has 0 spiro atoms. The lowest BCUT2D eigenvalue weighted by molar-refractivity contribution is 1.26. The summed E-state index contributed by atoms with van der Waals surface area (Å²) in [7, 11) is 0. The van der Waals surface area contributed by atoms with E-state index >= 15 is 0 Å². The van der Waals surface area contributed by atoms with Gasteiger partial charge >= 0.3 is 0 Å². The summed E-state index contributed by atoms with van der Waals surface area (Å²) in [5.41, 5.74) is 22.6. The van der Waals surface area contributed by atoms with E-state index in [9.17, 15) is 0 Å². The molecule has 0 unspecified atom stereocenters. The fraction of sp³-hybridized carbons (Fsp3) is 0. The first-order valence-electron chi connectivity index (χ1n) is 26.1. The number of pyridine rings is 1. The van der Waals surface area contributed by atoms with Gasteiger partial charge in [0.15, 0.2) is 0 Å². The van der Waals surface area contributed by atoms with Gasteiger partial charge in [-0.1, -0.05) is 243 Å². The Hall–Kier alpha value is -10.0. The molecule has 2 heteroatoms. The van der Waals surface area contributed by atoms with Crippen LogP contribution in [0.4, 0.5) is 17.1 Å². The highest BCUT2D eigenvalue weighted by Gasteiger charge is 2.21. The smallest absolute Gasteiger partial charge is 0.0620 e. The van der Waals surface area contributed by atoms with Gasteiger partial charge in [-0.15, -0.1) is 0 Å². The Morgan fingerprint density at radius 1 is 0.237 bits per heavy atom. The molecular weight excluding hydrogens is 917 g/mol. The van der Waals surface area contributed by atoms with Crippen molar-refractivity contribution < 1.29 is 0 Å². The van der Waals surface area contributed by atoms with Crippen molar-refractivity contribution in [2.24, 2.45) is 0 Å². The third-order valence-electron chi connectivity index (χ3n) is 15.2. The van der Waals surface area contributed by atoms with E-state index in [1.807, 2.05) is 0 Å². The zero-order chi connectivity index (χ0) is 50.4. The molecule has 0 aliphatic heterocycles. The normalized spacial score (nSPS) is 11.4. The van der Waals surface area contributed by atoms with Crippen molar-refractivity contribution in [3.63, 3.8) is 0 Å². The molecule has 0 N–H and O–H groups in total. The van der Waals surface area contributed by atoms with Crippen LogP contribution in [0.3, 0.4) is 0 Å². The van der Waals surface area contributed by atoms with E-state index in [1.54, 1.807) is 0 Å². The first-order chi connectivity index (χ1) is 37.7. The average Bonchev–Trinajstić information content (AvgIpc) is 4.04. The molecule has 0 atom stereocenters. The molecule has 0 fully saturated rings. The Labute approximate surface area is 443 Å². The summed E-state index contributed by atoms with van der Waals surface area (Å²) in [6.07, 6.45) is 2.22. The fourth-order valence-electron chi connectivity index (χ4n) is 11.5. The molecule has 0 saturated carbocycles. The standard InChI is InChI=1S/C74H50N2/c1-4-16-51(17-5-1)55-35-42-62(43-36-55)76(64-46-39-59(40-47-64)66-23-11-10-22-65(66)58-18-6-2-7-19-58)63-44-37-56(38-45-63)54-29-27-52(28-30-54)53-31-33-57(34-32-53)61-41-48-68-67-24-12-13-25-69(67)73-72(60-20-8-3-9-21-60)71-26-14-15-49-75(71)74(73)70(68)50-61/h1-50H. The first-order valence-corrected chi connectivity index (χ1v) is 26.1. The number of hydrogen-bond acceptors (Lipinski definition) is 1. The molecule has 0 bridgehead atoms. The molecule has 0 aliphatic carbocycles. The second-order valence-electron chi connectivity index (χ2n) is 19.6. The molecule has 12 aromatic carbocycles. The number of rotatable bonds is 10. The summed E-state index contributed by atoms with van der Waals surface area (Å²) in [6.45, 7) is 0. The van der Waals surface area contributed by atoms with Gasteiger partial charge in [-0.3, -0.25) is 0 Å². The number of fused-ring (bicyclic) bond motifs is 8. The van der Waals surface area contributed by atoms with Gasteiger partial charge in [-0.05, 0) is 143 Å². The molecule has 0 amide bonds. The SMILES string of the molecule is c1ccc(-c2ccc(N(c3ccc(-c4ccc(-c5ccc(-c6ccc7c8ccccc8c8c(-c9ccccc9)c9ccccn9c8c7c6)cc5)cc4)cc3)c3ccc(-c4ccccc4-c4ccccc4)cc3)cc2)cc1. The Bertz CT molecular complexity index is 4370. The lowest BCUT2D eigenvalue weighted by atomic mass is 9.92. The Morgan fingerprint density at radius 3 is 1.12 bits per heavy atom. The van der Waals surface area contributed by atoms with E-state index in [0.717, 1.165) is 17.1 Å². The summed E-state index contributed by atoms with van der Waals surface area (Å²) >= 11 is 0. The van der Waals surface area contributed by atoms with Crippen LogP contribution in [0.1, 0.15) is 0 Å². The molecule has 2 heterocycles. The Kier molecular flexibility index (Phi) is 11.2. The van der Waals surface area contributed by atoms with Crippen molar-refractivity contribution in [2.75, 3.05) is 4.90 Å². The van der Waals surface area contributed by atoms with E-state index in [-0.39, 0.29) is 0 Å². The van der Waals surface area contributed by atoms with Gasteiger partial charge in [0, 0.05) is 39.6 Å². The molecule has 0 radical (unpaired) electrons. The van der Waals surface area contributed by atoms with Crippen LogP contribution >= 0.6 is 0 Å². The van der Waals surface area contributed by atoms with Crippen molar-refractivity contribution in [3.8, 4) is 77.9 Å². The first kappa shape index (κ1) is 44.7. The largest absolute Gasteiger partial charge is 0.315 e. The quantitative estimate of drug-likeness (QED) is 0.124. The highest BCUT2D eigenvalue weighted by molar-refractivity contribution is 6.30. The summed E-state index contributed by atoms with van der Waals surface area (Å²) < 4.78 is 2.39. The van der Waals surface area contributed by atoms with Gasteiger partial charge in [0.2, 0.25) is 0 Å². The third kappa shape index (κ3) is 8.01. The van der Waals surface area contributed by atoms with Crippen LogP contribution in [0.5, 0.6) is 0 Å². The minimum absolute atomic E-state index is 1.09. The second kappa shape index (κ2) is 19.1. The lowest BCUT2D eigenvalue weighted by Gasteiger charge is -2.26. The fourth-order valence-corrected chi connectivity index (χ4v) is 11.5. The van der Waals surface area contributed by atoms with E-state index in [0.29, 0.717) is 0 Å². The average molecular weight is 967 g/mol. The number of nitrogens with zero attached hydrogens (tertiary/aromatic N) is 2. The van der Waals surface area contributed by atoms with Crippen LogP contribution in [-0.4, -0.2) is 4.40 Å².